The number of alkyl halides is 2. The fourth-order valence-corrected chi connectivity index (χ4v) is 2.75. The Bertz CT molecular complexity index is 443. The highest BCUT2D eigenvalue weighted by Crippen LogP contribution is 2.55. The maximum absolute atomic E-state index is 13.2. The summed E-state index contributed by atoms with van der Waals surface area (Å²) < 4.78 is 31.9. The van der Waals surface area contributed by atoms with Gasteiger partial charge < -0.3 is 10.5 Å². The molecular formula is C13H16ClF2NO. The Morgan fingerprint density at radius 2 is 2.06 bits per heavy atom. The Morgan fingerprint density at radius 3 is 2.56 bits per heavy atom. The molecule has 0 saturated heterocycles. The zero-order chi connectivity index (χ0) is 13.4. The summed E-state index contributed by atoms with van der Waals surface area (Å²) in [6.45, 7) is 2.50. The Labute approximate surface area is 110 Å². The van der Waals surface area contributed by atoms with E-state index in [1.165, 1.54) is 0 Å². The molecule has 0 bridgehead atoms. The van der Waals surface area contributed by atoms with E-state index < -0.39 is 11.3 Å². The lowest BCUT2D eigenvalue weighted by atomic mass is 9.62. The molecule has 0 atom stereocenters. The van der Waals surface area contributed by atoms with Gasteiger partial charge in [-0.05, 0) is 25.1 Å². The van der Waals surface area contributed by atoms with Gasteiger partial charge in [0.2, 0.25) is 5.92 Å². The van der Waals surface area contributed by atoms with Gasteiger partial charge in [0.05, 0.1) is 6.61 Å². The van der Waals surface area contributed by atoms with Gasteiger partial charge in [-0.15, -0.1) is 0 Å². The van der Waals surface area contributed by atoms with Gasteiger partial charge in [0.25, 0.3) is 0 Å². The smallest absolute Gasteiger partial charge is 0.250 e. The van der Waals surface area contributed by atoms with E-state index in [2.05, 4.69) is 0 Å². The molecule has 0 amide bonds. The third-order valence-corrected chi connectivity index (χ3v) is 3.63. The molecule has 0 unspecified atom stereocenters. The van der Waals surface area contributed by atoms with E-state index in [4.69, 9.17) is 22.1 Å². The van der Waals surface area contributed by atoms with Gasteiger partial charge in [-0.3, -0.25) is 0 Å². The van der Waals surface area contributed by atoms with Crippen molar-refractivity contribution >= 4 is 11.6 Å². The number of nitrogens with two attached hydrogens (primary N) is 1. The number of hydrogen-bond donors (Lipinski definition) is 1. The molecule has 1 aromatic rings. The van der Waals surface area contributed by atoms with Crippen LogP contribution in [0.2, 0.25) is 5.02 Å². The van der Waals surface area contributed by atoms with Crippen LogP contribution in [0.3, 0.4) is 0 Å². The minimum atomic E-state index is -2.63. The maximum atomic E-state index is 13.2. The molecule has 1 aliphatic rings. The highest BCUT2D eigenvalue weighted by Gasteiger charge is 2.57. The highest BCUT2D eigenvalue weighted by atomic mass is 35.5. The van der Waals surface area contributed by atoms with Gasteiger partial charge in [0.1, 0.15) is 5.75 Å². The Morgan fingerprint density at radius 1 is 1.39 bits per heavy atom. The SMILES string of the molecule is CCOc1ccc(Cl)cc1C1(CN)CC(F)(F)C1. The van der Waals surface area contributed by atoms with Crippen LogP contribution in [-0.2, 0) is 5.41 Å². The molecule has 18 heavy (non-hydrogen) atoms. The fraction of sp³-hybridized carbons (Fsp3) is 0.538. The molecule has 1 saturated carbocycles. The largest absolute Gasteiger partial charge is 0.494 e. The van der Waals surface area contributed by atoms with Crippen molar-refractivity contribution in [3.8, 4) is 5.75 Å². The number of rotatable bonds is 4. The van der Waals surface area contributed by atoms with Crippen molar-refractivity contribution < 1.29 is 13.5 Å². The van der Waals surface area contributed by atoms with Gasteiger partial charge in [-0.2, -0.15) is 0 Å². The second-order valence-corrected chi connectivity index (χ2v) is 5.20. The second kappa shape index (κ2) is 4.67. The van der Waals surface area contributed by atoms with Crippen molar-refractivity contribution in [2.24, 2.45) is 5.73 Å². The number of benzene rings is 1. The third-order valence-electron chi connectivity index (χ3n) is 3.40. The summed E-state index contributed by atoms with van der Waals surface area (Å²) in [5.41, 5.74) is 5.69. The molecule has 2 nitrogen and oxygen atoms in total. The molecule has 1 aromatic carbocycles. The van der Waals surface area contributed by atoms with Crippen molar-refractivity contribution in [2.75, 3.05) is 13.2 Å². The van der Waals surface area contributed by atoms with Crippen LogP contribution < -0.4 is 10.5 Å². The Balaban J connectivity index is 2.39. The van der Waals surface area contributed by atoms with Crippen LogP contribution in [0.4, 0.5) is 8.78 Å². The highest BCUT2D eigenvalue weighted by molar-refractivity contribution is 6.30. The molecule has 0 radical (unpaired) electrons. The van der Waals surface area contributed by atoms with Crippen molar-refractivity contribution in [3.05, 3.63) is 28.8 Å². The first-order valence-corrected chi connectivity index (χ1v) is 6.31. The van der Waals surface area contributed by atoms with Crippen molar-refractivity contribution in [3.63, 3.8) is 0 Å². The summed E-state index contributed by atoms with van der Waals surface area (Å²) in [7, 11) is 0. The van der Waals surface area contributed by atoms with Gasteiger partial charge in [-0.1, -0.05) is 11.6 Å². The summed E-state index contributed by atoms with van der Waals surface area (Å²) in [6.07, 6.45) is -0.478. The van der Waals surface area contributed by atoms with Crippen LogP contribution in [0.15, 0.2) is 18.2 Å². The van der Waals surface area contributed by atoms with Crippen LogP contribution in [-0.4, -0.2) is 19.1 Å². The lowest BCUT2D eigenvalue weighted by molar-refractivity contribution is -0.124. The molecule has 0 aliphatic heterocycles. The zero-order valence-electron chi connectivity index (χ0n) is 10.2. The van der Waals surface area contributed by atoms with Gasteiger partial charge >= 0.3 is 0 Å². The van der Waals surface area contributed by atoms with E-state index in [9.17, 15) is 8.78 Å². The first kappa shape index (κ1) is 13.6. The zero-order valence-corrected chi connectivity index (χ0v) is 10.9. The Hall–Kier alpha value is -0.870. The van der Waals surface area contributed by atoms with Crippen LogP contribution >= 0.6 is 11.6 Å². The molecule has 0 aromatic heterocycles. The van der Waals surface area contributed by atoms with Crippen LogP contribution in [0.1, 0.15) is 25.3 Å². The molecule has 0 spiro atoms. The lowest BCUT2D eigenvalue weighted by Crippen LogP contribution is -2.53. The van der Waals surface area contributed by atoms with Gasteiger partial charge in [0, 0.05) is 35.4 Å². The monoisotopic (exact) mass is 275 g/mol. The predicted molar refractivity (Wildman–Crippen MR) is 67.5 cm³/mol. The first-order chi connectivity index (χ1) is 8.42. The molecule has 5 heteroatoms. The third kappa shape index (κ3) is 2.31. The van der Waals surface area contributed by atoms with Gasteiger partial charge in [-0.25, -0.2) is 8.78 Å². The van der Waals surface area contributed by atoms with Crippen molar-refractivity contribution in [1.29, 1.82) is 0 Å². The number of halogens is 3. The van der Waals surface area contributed by atoms with Crippen molar-refractivity contribution in [1.82, 2.24) is 0 Å². The fourth-order valence-electron chi connectivity index (χ4n) is 2.58. The summed E-state index contributed by atoms with van der Waals surface area (Å²) in [6, 6.07) is 5.10. The minimum Gasteiger partial charge on any atom is -0.494 e. The van der Waals surface area contributed by atoms with Crippen molar-refractivity contribution in [2.45, 2.75) is 31.1 Å². The lowest BCUT2D eigenvalue weighted by Gasteiger charge is -2.47. The molecule has 1 fully saturated rings. The van der Waals surface area contributed by atoms with Gasteiger partial charge in [0.15, 0.2) is 0 Å². The molecule has 0 heterocycles. The summed E-state index contributed by atoms with van der Waals surface area (Å²) >= 11 is 5.95. The van der Waals surface area contributed by atoms with E-state index in [0.29, 0.717) is 22.9 Å². The summed E-state index contributed by atoms with van der Waals surface area (Å²) in [5.74, 6) is -2.03. The predicted octanol–water partition coefficient (Wildman–Crippen LogP) is 3.36. The quantitative estimate of drug-likeness (QED) is 0.914. The summed E-state index contributed by atoms with van der Waals surface area (Å²) in [4.78, 5) is 0. The standard InChI is InChI=1S/C13H16ClF2NO/c1-2-18-11-4-3-9(14)5-10(11)12(8-17)6-13(15,16)7-12/h3-5H,2,6-8,17H2,1H3. The van der Waals surface area contributed by atoms with E-state index in [1.807, 2.05) is 6.92 Å². The number of ether oxygens (including phenoxy) is 1. The van der Waals surface area contributed by atoms with Crippen LogP contribution in [0.5, 0.6) is 5.75 Å². The molecule has 100 valence electrons. The van der Waals surface area contributed by atoms with Crippen LogP contribution in [0, 0.1) is 0 Å². The first-order valence-electron chi connectivity index (χ1n) is 5.93. The average Bonchev–Trinajstić information content (AvgIpc) is 2.28. The molecular weight excluding hydrogens is 260 g/mol. The average molecular weight is 276 g/mol. The maximum Gasteiger partial charge on any atom is 0.250 e. The number of hydrogen-bond acceptors (Lipinski definition) is 2. The van der Waals surface area contributed by atoms with E-state index in [0.717, 1.165) is 0 Å². The van der Waals surface area contributed by atoms with E-state index in [1.54, 1.807) is 18.2 Å². The van der Waals surface area contributed by atoms with E-state index >= 15 is 0 Å². The second-order valence-electron chi connectivity index (χ2n) is 4.77. The molecule has 2 N–H and O–H groups in total. The minimum absolute atomic E-state index is 0.170. The normalized spacial score (nSPS) is 20.3. The van der Waals surface area contributed by atoms with Crippen LogP contribution in [0.25, 0.3) is 0 Å². The van der Waals surface area contributed by atoms with E-state index in [-0.39, 0.29) is 19.4 Å². The summed E-state index contributed by atoms with van der Waals surface area (Å²) in [5, 5.41) is 0.511. The molecule has 2 rings (SSSR count). The topological polar surface area (TPSA) is 35.2 Å². The molecule has 1 aliphatic carbocycles. The Kier molecular flexibility index (Phi) is 3.52.